The highest BCUT2D eigenvalue weighted by molar-refractivity contribution is 5.53. The van der Waals surface area contributed by atoms with E-state index in [1.54, 1.807) is 6.26 Å². The molecule has 0 heterocycles. The number of carboxylic acid groups (broad SMARTS) is 2. The van der Waals surface area contributed by atoms with Crippen LogP contribution in [0.4, 0.5) is 4.79 Å². The van der Waals surface area contributed by atoms with Crippen LogP contribution in [0.2, 0.25) is 0 Å². The maximum Gasteiger partial charge on any atom is 0.503 e. The smallest absolute Gasteiger partial charge is 0.502 e. The normalized spacial score (nSPS) is 8.83. The lowest BCUT2D eigenvalue weighted by Crippen LogP contribution is -1.83. The monoisotopic (exact) mass is 176 g/mol. The molecule has 2 N–H and O–H groups in total. The Hall–Kier alpha value is -1.19. The van der Waals surface area contributed by atoms with E-state index in [0.717, 1.165) is 13.0 Å². The van der Waals surface area contributed by atoms with Crippen LogP contribution in [-0.4, -0.2) is 23.0 Å². The first-order valence-corrected chi connectivity index (χ1v) is 3.79. The van der Waals surface area contributed by atoms with Crippen molar-refractivity contribution in [1.29, 1.82) is 0 Å². The molecule has 72 valence electrons. The van der Waals surface area contributed by atoms with Gasteiger partial charge in [-0.15, -0.1) is 0 Å². The molecule has 0 rings (SSSR count). The van der Waals surface area contributed by atoms with Crippen molar-refractivity contribution in [1.82, 2.24) is 0 Å². The summed E-state index contributed by atoms with van der Waals surface area (Å²) in [4.78, 5) is 8.56. The van der Waals surface area contributed by atoms with Crippen molar-refractivity contribution in [2.75, 3.05) is 6.61 Å². The molecule has 0 spiro atoms. The van der Waals surface area contributed by atoms with E-state index < -0.39 is 6.16 Å². The summed E-state index contributed by atoms with van der Waals surface area (Å²) in [5.41, 5.74) is 0. The summed E-state index contributed by atoms with van der Waals surface area (Å²) in [6, 6.07) is 0. The Bertz CT molecular complexity index is 116. The zero-order valence-corrected chi connectivity index (χ0v) is 7.49. The molecule has 0 fully saturated rings. The van der Waals surface area contributed by atoms with Crippen molar-refractivity contribution >= 4 is 6.16 Å². The summed E-state index contributed by atoms with van der Waals surface area (Å²) in [6.07, 6.45) is 4.16. The largest absolute Gasteiger partial charge is 0.503 e. The van der Waals surface area contributed by atoms with Gasteiger partial charge in [0, 0.05) is 0 Å². The molecule has 0 saturated heterocycles. The minimum absolute atomic E-state index is 0.862. The maximum atomic E-state index is 8.56. The van der Waals surface area contributed by atoms with Crippen LogP contribution in [0.1, 0.15) is 26.7 Å². The van der Waals surface area contributed by atoms with Crippen LogP contribution in [-0.2, 0) is 4.74 Å². The second-order valence-corrected chi connectivity index (χ2v) is 1.98. The molecule has 4 heteroatoms. The summed E-state index contributed by atoms with van der Waals surface area (Å²) < 4.78 is 5.04. The summed E-state index contributed by atoms with van der Waals surface area (Å²) in [5, 5.41) is 13.9. The van der Waals surface area contributed by atoms with Crippen LogP contribution < -0.4 is 0 Å². The van der Waals surface area contributed by atoms with E-state index in [0.29, 0.717) is 0 Å². The highest BCUT2D eigenvalue weighted by Gasteiger charge is 1.77. The standard InChI is InChI=1S/C7H14O.CH2O3/c1-3-5-7-8-6-4-2;2-1(3)4/h4,6H,3,5,7H2,1-2H3;(H2,2,3,4). The molecular weight excluding hydrogens is 160 g/mol. The van der Waals surface area contributed by atoms with E-state index in [2.05, 4.69) is 6.92 Å². The number of hydrogen-bond donors (Lipinski definition) is 2. The van der Waals surface area contributed by atoms with E-state index in [1.165, 1.54) is 6.42 Å². The van der Waals surface area contributed by atoms with Crippen molar-refractivity contribution in [3.8, 4) is 0 Å². The van der Waals surface area contributed by atoms with E-state index in [9.17, 15) is 0 Å². The molecule has 0 aliphatic carbocycles. The highest BCUT2D eigenvalue weighted by Crippen LogP contribution is 1.87. The first kappa shape index (κ1) is 13.4. The Kier molecular flexibility index (Phi) is 13.9. The van der Waals surface area contributed by atoms with Crippen LogP contribution in [0.3, 0.4) is 0 Å². The molecule has 0 bridgehead atoms. The van der Waals surface area contributed by atoms with Crippen molar-refractivity contribution in [3.63, 3.8) is 0 Å². The summed E-state index contributed by atoms with van der Waals surface area (Å²) in [7, 11) is 0. The molecular formula is C8H16O4. The molecule has 0 aromatic carbocycles. The van der Waals surface area contributed by atoms with Gasteiger partial charge in [-0.1, -0.05) is 19.4 Å². The Morgan fingerprint density at radius 3 is 2.33 bits per heavy atom. The van der Waals surface area contributed by atoms with Gasteiger partial charge >= 0.3 is 6.16 Å². The van der Waals surface area contributed by atoms with Gasteiger partial charge in [-0.3, -0.25) is 0 Å². The third-order valence-electron chi connectivity index (χ3n) is 0.848. The number of hydrogen-bond acceptors (Lipinski definition) is 2. The average molecular weight is 176 g/mol. The molecule has 0 unspecified atom stereocenters. The predicted octanol–water partition coefficient (Wildman–Crippen LogP) is 2.56. The number of rotatable bonds is 4. The Labute approximate surface area is 72.5 Å². The van der Waals surface area contributed by atoms with Crippen molar-refractivity contribution < 1.29 is 19.7 Å². The van der Waals surface area contributed by atoms with Crippen LogP contribution in [0, 0.1) is 0 Å². The second kappa shape index (κ2) is 12.5. The van der Waals surface area contributed by atoms with Gasteiger partial charge in [-0.25, -0.2) is 4.79 Å². The van der Waals surface area contributed by atoms with E-state index in [1.807, 2.05) is 13.0 Å². The fraction of sp³-hybridized carbons (Fsp3) is 0.625. The Balaban J connectivity index is 0. The van der Waals surface area contributed by atoms with Gasteiger partial charge in [-0.05, 0) is 13.3 Å². The molecule has 0 aliphatic heterocycles. The van der Waals surface area contributed by atoms with Crippen molar-refractivity contribution in [2.45, 2.75) is 26.7 Å². The van der Waals surface area contributed by atoms with Gasteiger partial charge < -0.3 is 14.9 Å². The average Bonchev–Trinajstić information content (AvgIpc) is 1.97. The Morgan fingerprint density at radius 1 is 1.50 bits per heavy atom. The van der Waals surface area contributed by atoms with Crippen molar-refractivity contribution in [2.24, 2.45) is 0 Å². The Morgan fingerprint density at radius 2 is 2.00 bits per heavy atom. The molecule has 0 amide bonds. The van der Waals surface area contributed by atoms with Gasteiger partial charge in [0.1, 0.15) is 0 Å². The lowest BCUT2D eigenvalue weighted by Gasteiger charge is -1.94. The predicted molar refractivity (Wildman–Crippen MR) is 46.3 cm³/mol. The lowest BCUT2D eigenvalue weighted by molar-refractivity contribution is 0.137. The fourth-order valence-electron chi connectivity index (χ4n) is 0.392. The summed E-state index contributed by atoms with van der Waals surface area (Å²) in [5.74, 6) is 0. The molecule has 0 saturated carbocycles. The lowest BCUT2D eigenvalue weighted by atomic mass is 10.4. The molecule has 0 aromatic rings. The second-order valence-electron chi connectivity index (χ2n) is 1.98. The van der Waals surface area contributed by atoms with Gasteiger partial charge in [0.05, 0.1) is 12.9 Å². The van der Waals surface area contributed by atoms with E-state index in [-0.39, 0.29) is 0 Å². The number of ether oxygens (including phenoxy) is 1. The quantitative estimate of drug-likeness (QED) is 0.510. The summed E-state index contributed by atoms with van der Waals surface area (Å²) in [6.45, 7) is 4.96. The van der Waals surface area contributed by atoms with E-state index in [4.69, 9.17) is 19.7 Å². The first-order chi connectivity index (χ1) is 5.65. The zero-order chi connectivity index (χ0) is 9.82. The molecule has 4 nitrogen and oxygen atoms in total. The maximum absolute atomic E-state index is 8.56. The minimum Gasteiger partial charge on any atom is -0.502 e. The van der Waals surface area contributed by atoms with Crippen LogP contribution in [0.15, 0.2) is 12.3 Å². The molecule has 0 aliphatic rings. The van der Waals surface area contributed by atoms with Gasteiger partial charge in [0.25, 0.3) is 0 Å². The third-order valence-corrected chi connectivity index (χ3v) is 0.848. The van der Waals surface area contributed by atoms with Crippen LogP contribution >= 0.6 is 0 Å². The molecule has 0 aromatic heterocycles. The summed E-state index contributed by atoms with van der Waals surface area (Å²) >= 11 is 0. The minimum atomic E-state index is -1.83. The SMILES string of the molecule is CC=COCCCC.O=C(O)O. The molecule has 12 heavy (non-hydrogen) atoms. The van der Waals surface area contributed by atoms with Crippen LogP contribution in [0.5, 0.6) is 0 Å². The first-order valence-electron chi connectivity index (χ1n) is 3.79. The van der Waals surface area contributed by atoms with Gasteiger partial charge in [-0.2, -0.15) is 0 Å². The number of unbranched alkanes of at least 4 members (excludes halogenated alkanes) is 1. The van der Waals surface area contributed by atoms with E-state index >= 15 is 0 Å². The van der Waals surface area contributed by atoms with Gasteiger partial charge in [0.2, 0.25) is 0 Å². The third kappa shape index (κ3) is 37.0. The molecule has 0 radical (unpaired) electrons. The zero-order valence-electron chi connectivity index (χ0n) is 7.49. The highest BCUT2D eigenvalue weighted by atomic mass is 16.6. The van der Waals surface area contributed by atoms with Crippen molar-refractivity contribution in [3.05, 3.63) is 12.3 Å². The molecule has 0 atom stereocenters. The van der Waals surface area contributed by atoms with Gasteiger partial charge in [0.15, 0.2) is 0 Å². The number of carbonyl (C=O) groups is 1. The fourth-order valence-corrected chi connectivity index (χ4v) is 0.392. The van der Waals surface area contributed by atoms with Crippen LogP contribution in [0.25, 0.3) is 0 Å². The number of allylic oxidation sites excluding steroid dienone is 1. The topological polar surface area (TPSA) is 66.8 Å².